The monoisotopic (exact) mass is 691 g/mol. The van der Waals surface area contributed by atoms with Gasteiger partial charge >= 0.3 is 5.97 Å². The Morgan fingerprint density at radius 3 is 1.15 bits per heavy atom. The summed E-state index contributed by atoms with van der Waals surface area (Å²) in [6, 6.07) is 9.64. The summed E-state index contributed by atoms with van der Waals surface area (Å²) >= 11 is 0. The molecule has 0 saturated carbocycles. The van der Waals surface area contributed by atoms with E-state index in [4.69, 9.17) is 57.2 Å². The van der Waals surface area contributed by atoms with Crippen LogP contribution in [0.2, 0.25) is 0 Å². The first-order valence-electron chi connectivity index (χ1n) is 16.6. The topological polar surface area (TPSA) is 168 Å². The largest absolute Gasteiger partial charge is 0.491 e. The van der Waals surface area contributed by atoms with Crippen LogP contribution in [-0.4, -0.2) is 162 Å². The summed E-state index contributed by atoms with van der Waals surface area (Å²) in [5.41, 5.74) is 0. The zero-order valence-corrected chi connectivity index (χ0v) is 28.3. The van der Waals surface area contributed by atoms with E-state index in [0.717, 1.165) is 5.75 Å². The maximum atomic E-state index is 11.4. The molecule has 15 heteroatoms. The number of amides is 1. The van der Waals surface area contributed by atoms with Crippen molar-refractivity contribution in [3.63, 3.8) is 0 Å². The van der Waals surface area contributed by atoms with Crippen molar-refractivity contribution in [3.8, 4) is 5.75 Å². The minimum atomic E-state index is -0.983. The lowest BCUT2D eigenvalue weighted by atomic mass is 10.3. The predicted octanol–water partition coefficient (Wildman–Crippen LogP) is 1.60. The van der Waals surface area contributed by atoms with Crippen LogP contribution < -0.4 is 10.1 Å². The van der Waals surface area contributed by atoms with Gasteiger partial charge in [-0.15, -0.1) is 0 Å². The number of benzene rings is 1. The lowest BCUT2D eigenvalue weighted by molar-refractivity contribution is -0.138. The number of carboxylic acid groups (broad SMARTS) is 1. The molecule has 1 aromatic carbocycles. The zero-order chi connectivity index (χ0) is 34.4. The van der Waals surface area contributed by atoms with Gasteiger partial charge in [0, 0.05) is 19.6 Å². The van der Waals surface area contributed by atoms with Crippen LogP contribution in [0.4, 0.5) is 0 Å². The fraction of sp³-hybridized carbons (Fsp3) is 0.758. The van der Waals surface area contributed by atoms with Crippen LogP contribution in [0.3, 0.4) is 0 Å². The second kappa shape index (κ2) is 35.9. The number of nitrogens with one attached hydrogen (secondary N) is 1. The first-order chi connectivity index (χ1) is 23.7. The molecule has 0 fully saturated rings. The maximum Gasteiger partial charge on any atom is 0.303 e. The van der Waals surface area contributed by atoms with E-state index in [0.29, 0.717) is 152 Å². The Balaban J connectivity index is 1.62. The lowest BCUT2D eigenvalue weighted by Gasteiger charge is -2.09. The van der Waals surface area contributed by atoms with E-state index in [-0.39, 0.29) is 18.7 Å². The van der Waals surface area contributed by atoms with E-state index in [9.17, 15) is 9.59 Å². The third kappa shape index (κ3) is 33.5. The van der Waals surface area contributed by atoms with Gasteiger partial charge in [-0.25, -0.2) is 0 Å². The normalized spacial score (nSPS) is 11.2. The molecule has 0 heterocycles. The van der Waals surface area contributed by atoms with Crippen LogP contribution in [0.1, 0.15) is 19.3 Å². The molecule has 15 nitrogen and oxygen atoms in total. The third-order valence-electron chi connectivity index (χ3n) is 5.94. The van der Waals surface area contributed by atoms with Gasteiger partial charge in [0.05, 0.1) is 132 Å². The van der Waals surface area contributed by atoms with Crippen LogP contribution in [-0.2, 0) is 57.0 Å². The van der Waals surface area contributed by atoms with Crippen molar-refractivity contribution in [1.82, 2.24) is 5.32 Å². The summed E-state index contributed by atoms with van der Waals surface area (Å²) in [5.74, 6) is -0.413. The van der Waals surface area contributed by atoms with Crippen molar-refractivity contribution in [2.45, 2.75) is 19.3 Å². The first-order valence-corrected chi connectivity index (χ1v) is 16.6. The van der Waals surface area contributed by atoms with Crippen molar-refractivity contribution in [3.05, 3.63) is 30.3 Å². The van der Waals surface area contributed by atoms with Crippen molar-refractivity contribution < 1.29 is 66.8 Å². The molecule has 1 rings (SSSR count). The van der Waals surface area contributed by atoms with Crippen LogP contribution in [0, 0.1) is 0 Å². The summed E-state index contributed by atoms with van der Waals surface area (Å²) < 4.78 is 60.1. The molecule has 0 saturated heterocycles. The van der Waals surface area contributed by atoms with Gasteiger partial charge in [-0.3, -0.25) is 9.59 Å². The highest BCUT2D eigenvalue weighted by molar-refractivity contribution is 5.80. The smallest absolute Gasteiger partial charge is 0.303 e. The van der Waals surface area contributed by atoms with Crippen LogP contribution in [0.25, 0.3) is 0 Å². The minimum Gasteiger partial charge on any atom is -0.491 e. The SMILES string of the molecule is O=C(O)CCC(=O)NCCCOCCOCCOCCOCCOCCOCCOCCOCCOCCOCCOc1ccccc1. The van der Waals surface area contributed by atoms with Crippen LogP contribution in [0.5, 0.6) is 5.75 Å². The number of carbonyl (C=O) groups is 2. The van der Waals surface area contributed by atoms with E-state index in [1.165, 1.54) is 0 Å². The standard InChI is InChI=1S/C33H57NO14/c35-32(7-8-33(36)37)34-9-4-10-38-11-12-39-13-14-40-15-16-41-17-18-42-19-20-43-21-22-44-23-24-45-25-26-46-27-28-47-29-30-48-31-5-2-1-3-6-31/h1-3,5-6H,4,7-30H2,(H,34,35)(H,36,37). The second-order valence-electron chi connectivity index (χ2n) is 9.88. The van der Waals surface area contributed by atoms with Gasteiger partial charge in [-0.1, -0.05) is 18.2 Å². The van der Waals surface area contributed by atoms with E-state index in [2.05, 4.69) is 5.32 Å². The summed E-state index contributed by atoms with van der Waals surface area (Å²) in [5, 5.41) is 11.2. The number of ether oxygens (including phenoxy) is 11. The van der Waals surface area contributed by atoms with Gasteiger partial charge in [0.1, 0.15) is 12.4 Å². The van der Waals surface area contributed by atoms with Crippen molar-refractivity contribution in [2.24, 2.45) is 0 Å². The Kier molecular flexibility index (Phi) is 32.6. The van der Waals surface area contributed by atoms with E-state index in [1.807, 2.05) is 30.3 Å². The summed E-state index contributed by atoms with van der Waals surface area (Å²) in [6.45, 7) is 10.7. The van der Waals surface area contributed by atoms with Gasteiger partial charge in [0.25, 0.3) is 0 Å². The average Bonchev–Trinajstić information content (AvgIpc) is 3.09. The predicted molar refractivity (Wildman–Crippen MR) is 175 cm³/mol. The average molecular weight is 692 g/mol. The fourth-order valence-corrected chi connectivity index (χ4v) is 3.53. The molecular formula is C33H57NO14. The van der Waals surface area contributed by atoms with Gasteiger partial charge in [-0.05, 0) is 18.6 Å². The molecule has 0 bridgehead atoms. The number of para-hydroxylation sites is 1. The zero-order valence-electron chi connectivity index (χ0n) is 28.3. The molecule has 1 amide bonds. The molecule has 0 atom stereocenters. The summed E-state index contributed by atoms with van der Waals surface area (Å²) in [6.07, 6.45) is 0.477. The second-order valence-corrected chi connectivity index (χ2v) is 9.88. The van der Waals surface area contributed by atoms with E-state index < -0.39 is 5.97 Å². The molecule has 278 valence electrons. The fourth-order valence-electron chi connectivity index (χ4n) is 3.53. The number of carbonyl (C=O) groups excluding carboxylic acids is 1. The molecule has 0 aliphatic heterocycles. The van der Waals surface area contributed by atoms with Crippen molar-refractivity contribution >= 4 is 11.9 Å². The number of hydrogen-bond acceptors (Lipinski definition) is 13. The Morgan fingerprint density at radius 1 is 0.458 bits per heavy atom. The highest BCUT2D eigenvalue weighted by Gasteiger charge is 2.04. The molecule has 0 spiro atoms. The molecular weight excluding hydrogens is 634 g/mol. The highest BCUT2D eigenvalue weighted by atomic mass is 16.6. The number of rotatable bonds is 38. The Bertz CT molecular complexity index is 836. The van der Waals surface area contributed by atoms with E-state index >= 15 is 0 Å². The first kappa shape index (κ1) is 43.6. The molecule has 48 heavy (non-hydrogen) atoms. The number of aliphatic carboxylic acids is 1. The highest BCUT2D eigenvalue weighted by Crippen LogP contribution is 2.07. The van der Waals surface area contributed by atoms with Crippen LogP contribution >= 0.6 is 0 Å². The number of carboxylic acids is 1. The van der Waals surface area contributed by atoms with Gasteiger partial charge in [0.2, 0.25) is 5.91 Å². The third-order valence-corrected chi connectivity index (χ3v) is 5.94. The molecule has 0 radical (unpaired) electrons. The van der Waals surface area contributed by atoms with Gasteiger partial charge in [0.15, 0.2) is 0 Å². The number of hydrogen-bond donors (Lipinski definition) is 2. The molecule has 0 aliphatic rings. The molecule has 1 aromatic rings. The van der Waals surface area contributed by atoms with Crippen LogP contribution in [0.15, 0.2) is 30.3 Å². The lowest BCUT2D eigenvalue weighted by Crippen LogP contribution is -2.25. The summed E-state index contributed by atoms with van der Waals surface area (Å²) in [4.78, 5) is 21.8. The van der Waals surface area contributed by atoms with E-state index in [1.54, 1.807) is 0 Å². The molecule has 0 aromatic heterocycles. The van der Waals surface area contributed by atoms with Gasteiger partial charge < -0.3 is 62.5 Å². The van der Waals surface area contributed by atoms with Crippen molar-refractivity contribution in [2.75, 3.05) is 145 Å². The molecule has 2 N–H and O–H groups in total. The Hall–Kier alpha value is -2.44. The Morgan fingerprint density at radius 2 is 0.792 bits per heavy atom. The minimum absolute atomic E-state index is 0.0103. The molecule has 0 aliphatic carbocycles. The van der Waals surface area contributed by atoms with Gasteiger partial charge in [-0.2, -0.15) is 0 Å². The Labute approximate surface area is 284 Å². The molecule has 0 unspecified atom stereocenters. The van der Waals surface area contributed by atoms with Crippen molar-refractivity contribution in [1.29, 1.82) is 0 Å². The summed E-state index contributed by atoms with van der Waals surface area (Å²) in [7, 11) is 0. The quantitative estimate of drug-likeness (QED) is 0.0960. The maximum absolute atomic E-state index is 11.4.